The molecule has 0 aliphatic heterocycles. The van der Waals surface area contributed by atoms with Crippen LogP contribution in [-0.4, -0.2) is 22.5 Å². The molecular formula is C25H30O4. The third kappa shape index (κ3) is 2.86. The highest BCUT2D eigenvalue weighted by molar-refractivity contribution is 5.97. The summed E-state index contributed by atoms with van der Waals surface area (Å²) in [6, 6.07) is 3.67. The molecule has 0 saturated heterocycles. The molecular weight excluding hydrogens is 364 g/mol. The first kappa shape index (κ1) is 20.2. The predicted octanol–water partition coefficient (Wildman–Crippen LogP) is 4.28. The van der Waals surface area contributed by atoms with Gasteiger partial charge in [-0.2, -0.15) is 0 Å². The monoisotopic (exact) mass is 394 g/mol. The topological polar surface area (TPSA) is 63.6 Å². The molecule has 6 atom stereocenters. The Balaban J connectivity index is 1.81. The molecule has 1 N–H and O–H groups in total. The van der Waals surface area contributed by atoms with Crippen LogP contribution in [0.25, 0.3) is 0 Å². The lowest BCUT2D eigenvalue weighted by Crippen LogP contribution is -2.51. The van der Waals surface area contributed by atoms with E-state index >= 15 is 0 Å². The number of ketones is 1. The fraction of sp³-hybridized carbons (Fsp3) is 0.600. The Morgan fingerprint density at radius 1 is 1.24 bits per heavy atom. The number of ether oxygens (including phenoxy) is 1. The van der Waals surface area contributed by atoms with Crippen molar-refractivity contribution >= 4 is 11.8 Å². The molecule has 4 heteroatoms. The summed E-state index contributed by atoms with van der Waals surface area (Å²) < 4.78 is 5.32. The Bertz CT molecular complexity index is 925. The highest BCUT2D eigenvalue weighted by Crippen LogP contribution is 2.65. The van der Waals surface area contributed by atoms with Crippen molar-refractivity contribution in [3.05, 3.63) is 28.8 Å². The predicted molar refractivity (Wildman–Crippen MR) is 111 cm³/mol. The molecule has 0 radical (unpaired) electrons. The molecule has 0 heterocycles. The average molecular weight is 395 g/mol. The SMILES string of the molecule is C#CC1(O)CCC2C3C(CC[C@@]21C)c1c(cc(OC(C)=O)cc1C(C)=O)C[C@H]3C. The maximum atomic E-state index is 12.5. The van der Waals surface area contributed by atoms with Crippen molar-refractivity contribution in [2.24, 2.45) is 23.2 Å². The number of hydrogen-bond donors (Lipinski definition) is 1. The summed E-state index contributed by atoms with van der Waals surface area (Å²) in [5.74, 6) is 4.21. The zero-order valence-corrected chi connectivity index (χ0v) is 17.7. The van der Waals surface area contributed by atoms with E-state index in [0.29, 0.717) is 35.5 Å². The van der Waals surface area contributed by atoms with E-state index in [1.807, 2.05) is 6.07 Å². The third-order valence-corrected chi connectivity index (χ3v) is 8.17. The molecule has 2 saturated carbocycles. The number of fused-ring (bicyclic) bond motifs is 5. The van der Waals surface area contributed by atoms with Gasteiger partial charge in [-0.15, -0.1) is 6.42 Å². The first-order chi connectivity index (χ1) is 13.6. The molecule has 4 rings (SSSR count). The molecule has 29 heavy (non-hydrogen) atoms. The van der Waals surface area contributed by atoms with Gasteiger partial charge in [0.2, 0.25) is 0 Å². The summed E-state index contributed by atoms with van der Waals surface area (Å²) in [6.07, 6.45) is 9.96. The molecule has 0 amide bonds. The molecule has 1 aromatic rings. The van der Waals surface area contributed by atoms with Crippen molar-refractivity contribution in [2.75, 3.05) is 0 Å². The number of carbonyl (C=O) groups excluding carboxylic acids is 2. The normalized spacial score (nSPS) is 37.7. The number of esters is 1. The van der Waals surface area contributed by atoms with Crippen LogP contribution in [0.3, 0.4) is 0 Å². The molecule has 4 nitrogen and oxygen atoms in total. The Labute approximate surface area is 173 Å². The molecule has 1 aromatic carbocycles. The van der Waals surface area contributed by atoms with E-state index in [1.54, 1.807) is 13.0 Å². The second-order valence-corrected chi connectivity index (χ2v) is 9.66. The zero-order valence-electron chi connectivity index (χ0n) is 17.7. The number of rotatable bonds is 2. The van der Waals surface area contributed by atoms with Gasteiger partial charge in [0.25, 0.3) is 0 Å². The van der Waals surface area contributed by atoms with Gasteiger partial charge >= 0.3 is 5.97 Å². The van der Waals surface area contributed by atoms with Crippen LogP contribution in [0.15, 0.2) is 12.1 Å². The summed E-state index contributed by atoms with van der Waals surface area (Å²) in [4.78, 5) is 24.0. The van der Waals surface area contributed by atoms with Crippen LogP contribution < -0.4 is 4.74 Å². The molecule has 0 spiro atoms. The maximum Gasteiger partial charge on any atom is 0.308 e. The quantitative estimate of drug-likeness (QED) is 0.352. The van der Waals surface area contributed by atoms with E-state index in [4.69, 9.17) is 11.2 Å². The van der Waals surface area contributed by atoms with Crippen molar-refractivity contribution in [3.63, 3.8) is 0 Å². The van der Waals surface area contributed by atoms with Crippen LogP contribution in [-0.2, 0) is 11.2 Å². The van der Waals surface area contributed by atoms with Crippen LogP contribution in [0.5, 0.6) is 5.75 Å². The Morgan fingerprint density at radius 2 is 1.97 bits per heavy atom. The summed E-state index contributed by atoms with van der Waals surface area (Å²) in [5, 5.41) is 11.2. The van der Waals surface area contributed by atoms with Gasteiger partial charge in [0.1, 0.15) is 11.4 Å². The Kier molecular flexibility index (Phi) is 4.66. The molecule has 154 valence electrons. The largest absolute Gasteiger partial charge is 0.427 e. The van der Waals surface area contributed by atoms with E-state index in [2.05, 4.69) is 19.8 Å². The van der Waals surface area contributed by atoms with Crippen LogP contribution in [0.1, 0.15) is 80.8 Å². The minimum absolute atomic E-state index is 0.00319. The third-order valence-electron chi connectivity index (χ3n) is 8.17. The number of Topliss-reactive ketones (excluding diaryl/α,β-unsaturated/α-hetero) is 1. The number of hydrogen-bond acceptors (Lipinski definition) is 4. The lowest BCUT2D eigenvalue weighted by molar-refractivity contribution is -0.131. The van der Waals surface area contributed by atoms with Crippen LogP contribution >= 0.6 is 0 Å². The van der Waals surface area contributed by atoms with Gasteiger partial charge in [-0.05, 0) is 86.0 Å². The van der Waals surface area contributed by atoms with E-state index < -0.39 is 5.60 Å². The van der Waals surface area contributed by atoms with Gasteiger partial charge in [0.15, 0.2) is 5.78 Å². The van der Waals surface area contributed by atoms with E-state index in [0.717, 1.165) is 36.8 Å². The van der Waals surface area contributed by atoms with Gasteiger partial charge in [-0.1, -0.05) is 19.8 Å². The second kappa shape index (κ2) is 6.71. The molecule has 0 bridgehead atoms. The summed E-state index contributed by atoms with van der Waals surface area (Å²) in [6.45, 7) is 7.39. The summed E-state index contributed by atoms with van der Waals surface area (Å²) in [5.41, 5.74) is 1.62. The molecule has 4 unspecified atom stereocenters. The lowest BCUT2D eigenvalue weighted by atomic mass is 9.51. The van der Waals surface area contributed by atoms with Crippen molar-refractivity contribution in [1.82, 2.24) is 0 Å². The molecule has 3 aliphatic rings. The highest BCUT2D eigenvalue weighted by Gasteiger charge is 2.62. The van der Waals surface area contributed by atoms with Gasteiger partial charge in [-0.3, -0.25) is 9.59 Å². The number of carbonyl (C=O) groups is 2. The minimum atomic E-state index is -1.04. The van der Waals surface area contributed by atoms with Crippen molar-refractivity contribution in [3.8, 4) is 18.1 Å². The van der Waals surface area contributed by atoms with Crippen LogP contribution in [0, 0.1) is 35.5 Å². The maximum absolute atomic E-state index is 12.5. The lowest BCUT2D eigenvalue weighted by Gasteiger charge is -2.54. The van der Waals surface area contributed by atoms with Crippen LogP contribution in [0.2, 0.25) is 0 Å². The molecule has 0 aromatic heterocycles. The fourth-order valence-corrected chi connectivity index (χ4v) is 6.87. The first-order valence-electron chi connectivity index (χ1n) is 10.7. The first-order valence-corrected chi connectivity index (χ1v) is 10.7. The van der Waals surface area contributed by atoms with Crippen LogP contribution in [0.4, 0.5) is 0 Å². The molecule has 3 aliphatic carbocycles. The number of aliphatic hydroxyl groups is 1. The average Bonchev–Trinajstić information content (AvgIpc) is 2.92. The van der Waals surface area contributed by atoms with Crippen molar-refractivity contribution < 1.29 is 19.4 Å². The fourth-order valence-electron chi connectivity index (χ4n) is 6.87. The second-order valence-electron chi connectivity index (χ2n) is 9.66. The zero-order chi connectivity index (χ0) is 21.1. The number of terminal acetylenes is 1. The van der Waals surface area contributed by atoms with Crippen molar-refractivity contribution in [1.29, 1.82) is 0 Å². The van der Waals surface area contributed by atoms with Gasteiger partial charge < -0.3 is 9.84 Å². The van der Waals surface area contributed by atoms with E-state index in [-0.39, 0.29) is 23.1 Å². The Hall–Kier alpha value is -2.12. The van der Waals surface area contributed by atoms with Crippen molar-refractivity contribution in [2.45, 2.75) is 71.3 Å². The number of benzene rings is 1. The van der Waals surface area contributed by atoms with E-state index in [9.17, 15) is 14.7 Å². The molecule has 2 fully saturated rings. The smallest absolute Gasteiger partial charge is 0.308 e. The standard InChI is InChI=1S/C25H30O4/c1-6-25(28)10-8-21-22-14(2)11-17-12-18(29-16(4)27)13-20(15(3)26)23(17)19(22)7-9-24(21,25)5/h1,12-14,19,21-22,28H,7-11H2,2-5H3/t14-,19?,21?,22?,24+,25?/m1/s1. The van der Waals surface area contributed by atoms with Gasteiger partial charge in [0.05, 0.1) is 0 Å². The van der Waals surface area contributed by atoms with Gasteiger partial charge in [-0.25, -0.2) is 0 Å². The van der Waals surface area contributed by atoms with E-state index in [1.165, 1.54) is 6.92 Å². The summed E-state index contributed by atoms with van der Waals surface area (Å²) >= 11 is 0. The Morgan fingerprint density at radius 3 is 2.59 bits per heavy atom. The van der Waals surface area contributed by atoms with Gasteiger partial charge in [0, 0.05) is 17.9 Å². The highest BCUT2D eigenvalue weighted by atomic mass is 16.5. The minimum Gasteiger partial charge on any atom is -0.427 e. The summed E-state index contributed by atoms with van der Waals surface area (Å²) in [7, 11) is 0.